The second kappa shape index (κ2) is 6.60. The first-order valence-electron chi connectivity index (χ1n) is 7.30. The van der Waals surface area contributed by atoms with Gasteiger partial charge in [-0.1, -0.05) is 28.1 Å². The number of halogens is 2. The van der Waals surface area contributed by atoms with Crippen molar-refractivity contribution in [1.29, 1.82) is 0 Å². The zero-order valence-corrected chi connectivity index (χ0v) is 14.6. The van der Waals surface area contributed by atoms with Crippen LogP contribution in [0.25, 0.3) is 6.08 Å². The molecule has 4 amide bonds. The molecule has 1 fully saturated rings. The number of carbonyl (C=O) groups excluding carboxylic acids is 3. The molecule has 1 N–H and O–H groups in total. The number of rotatable bonds is 2. The van der Waals surface area contributed by atoms with E-state index < -0.39 is 23.7 Å². The van der Waals surface area contributed by atoms with E-state index in [9.17, 15) is 18.8 Å². The summed E-state index contributed by atoms with van der Waals surface area (Å²) in [6, 6.07) is 9.48. The van der Waals surface area contributed by atoms with Gasteiger partial charge in [0.15, 0.2) is 0 Å². The van der Waals surface area contributed by atoms with Crippen LogP contribution in [0.2, 0.25) is 0 Å². The molecular weight excluding hydrogens is 391 g/mol. The summed E-state index contributed by atoms with van der Waals surface area (Å²) in [6.07, 6.45) is 1.32. The second-order valence-corrected chi connectivity index (χ2v) is 6.30. The Morgan fingerprint density at radius 2 is 1.76 bits per heavy atom. The van der Waals surface area contributed by atoms with Crippen molar-refractivity contribution in [2.45, 2.75) is 6.92 Å². The molecule has 0 saturated carbocycles. The van der Waals surface area contributed by atoms with Gasteiger partial charge in [-0.2, -0.15) is 0 Å². The van der Waals surface area contributed by atoms with E-state index in [1.165, 1.54) is 30.3 Å². The van der Waals surface area contributed by atoms with Crippen LogP contribution in [0.4, 0.5) is 14.9 Å². The number of carbonyl (C=O) groups is 3. The fourth-order valence-corrected chi connectivity index (χ4v) is 2.63. The van der Waals surface area contributed by atoms with Crippen molar-refractivity contribution in [3.8, 4) is 0 Å². The highest BCUT2D eigenvalue weighted by molar-refractivity contribution is 9.10. The summed E-state index contributed by atoms with van der Waals surface area (Å²) in [4.78, 5) is 37.8. The molecule has 0 aliphatic carbocycles. The molecule has 126 valence electrons. The van der Waals surface area contributed by atoms with Crippen LogP contribution in [0.15, 0.2) is 52.5 Å². The number of amides is 4. The molecule has 25 heavy (non-hydrogen) atoms. The lowest BCUT2D eigenvalue weighted by Crippen LogP contribution is -2.54. The van der Waals surface area contributed by atoms with Crippen LogP contribution >= 0.6 is 15.9 Å². The molecule has 1 aliphatic rings. The molecular formula is C18H12BrFN2O3. The van der Waals surface area contributed by atoms with Gasteiger partial charge in [0.25, 0.3) is 11.8 Å². The smallest absolute Gasteiger partial charge is 0.273 e. The SMILES string of the molecule is Cc1cc(N2C(=O)NC(=O)/C(=C\c3ccc(F)cc3)C2=O)ccc1Br. The summed E-state index contributed by atoms with van der Waals surface area (Å²) in [5.41, 5.74) is 1.45. The molecule has 1 aliphatic heterocycles. The summed E-state index contributed by atoms with van der Waals surface area (Å²) in [5, 5.41) is 2.15. The van der Waals surface area contributed by atoms with Gasteiger partial charge in [0, 0.05) is 4.47 Å². The Hall–Kier alpha value is -2.80. The number of nitrogens with one attached hydrogen (secondary N) is 1. The highest BCUT2D eigenvalue weighted by Gasteiger charge is 2.36. The summed E-state index contributed by atoms with van der Waals surface area (Å²) in [5.74, 6) is -1.95. The van der Waals surface area contributed by atoms with Crippen molar-refractivity contribution in [2.24, 2.45) is 0 Å². The monoisotopic (exact) mass is 402 g/mol. The van der Waals surface area contributed by atoms with Gasteiger partial charge in [-0.15, -0.1) is 0 Å². The summed E-state index contributed by atoms with van der Waals surface area (Å²) >= 11 is 3.35. The lowest BCUT2D eigenvalue weighted by molar-refractivity contribution is -0.122. The molecule has 1 saturated heterocycles. The van der Waals surface area contributed by atoms with Gasteiger partial charge in [0.2, 0.25) is 0 Å². The third-order valence-electron chi connectivity index (χ3n) is 3.68. The van der Waals surface area contributed by atoms with Gasteiger partial charge in [0.1, 0.15) is 11.4 Å². The van der Waals surface area contributed by atoms with E-state index in [2.05, 4.69) is 21.2 Å². The highest BCUT2D eigenvalue weighted by atomic mass is 79.9. The lowest BCUT2D eigenvalue weighted by Gasteiger charge is -2.26. The maximum atomic E-state index is 13.0. The Morgan fingerprint density at radius 3 is 2.40 bits per heavy atom. The number of barbiturate groups is 1. The van der Waals surface area contributed by atoms with E-state index in [1.54, 1.807) is 18.2 Å². The Balaban J connectivity index is 2.02. The number of aryl methyl sites for hydroxylation is 1. The zero-order valence-electron chi connectivity index (χ0n) is 13.0. The lowest BCUT2D eigenvalue weighted by atomic mass is 10.1. The Labute approximate surface area is 151 Å². The minimum atomic E-state index is -0.812. The van der Waals surface area contributed by atoms with Crippen molar-refractivity contribution in [1.82, 2.24) is 5.32 Å². The normalized spacial score (nSPS) is 16.4. The minimum Gasteiger partial charge on any atom is -0.273 e. The average molecular weight is 403 g/mol. The first-order chi connectivity index (χ1) is 11.9. The van der Waals surface area contributed by atoms with E-state index in [1.807, 2.05) is 6.92 Å². The molecule has 0 aromatic heterocycles. The molecule has 5 nitrogen and oxygen atoms in total. The number of benzene rings is 2. The summed E-state index contributed by atoms with van der Waals surface area (Å²) < 4.78 is 13.8. The van der Waals surface area contributed by atoms with Gasteiger partial charge in [0.05, 0.1) is 5.69 Å². The average Bonchev–Trinajstić information content (AvgIpc) is 2.56. The van der Waals surface area contributed by atoms with Crippen molar-refractivity contribution >= 4 is 45.5 Å². The van der Waals surface area contributed by atoms with Gasteiger partial charge < -0.3 is 0 Å². The maximum Gasteiger partial charge on any atom is 0.335 e. The fourth-order valence-electron chi connectivity index (χ4n) is 2.39. The van der Waals surface area contributed by atoms with E-state index in [4.69, 9.17) is 0 Å². The molecule has 0 radical (unpaired) electrons. The standard InChI is InChI=1S/C18H12BrFN2O3/c1-10-8-13(6-7-15(10)19)22-17(24)14(16(23)21-18(22)25)9-11-2-4-12(20)5-3-11/h2-9H,1H3,(H,21,23,25)/b14-9+. The van der Waals surface area contributed by atoms with Crippen molar-refractivity contribution in [3.63, 3.8) is 0 Å². The number of imide groups is 2. The Bertz CT molecular complexity index is 922. The van der Waals surface area contributed by atoms with Gasteiger partial charge in [-0.3, -0.25) is 14.9 Å². The predicted molar refractivity (Wildman–Crippen MR) is 94.3 cm³/mol. The molecule has 3 rings (SSSR count). The first-order valence-corrected chi connectivity index (χ1v) is 8.09. The molecule has 0 unspecified atom stereocenters. The van der Waals surface area contributed by atoms with Crippen molar-refractivity contribution < 1.29 is 18.8 Å². The van der Waals surface area contributed by atoms with Gasteiger partial charge in [-0.05, 0) is 54.5 Å². The molecule has 0 spiro atoms. The fraction of sp³-hybridized carbons (Fsp3) is 0.0556. The van der Waals surface area contributed by atoms with E-state index in [-0.39, 0.29) is 5.57 Å². The van der Waals surface area contributed by atoms with Crippen LogP contribution in [-0.4, -0.2) is 17.8 Å². The van der Waals surface area contributed by atoms with E-state index in [0.29, 0.717) is 11.3 Å². The molecule has 0 atom stereocenters. The predicted octanol–water partition coefficient (Wildman–Crippen LogP) is 3.56. The van der Waals surface area contributed by atoms with Crippen LogP contribution in [-0.2, 0) is 9.59 Å². The number of anilines is 1. The van der Waals surface area contributed by atoms with Crippen LogP contribution in [0.1, 0.15) is 11.1 Å². The van der Waals surface area contributed by atoms with Crippen molar-refractivity contribution in [2.75, 3.05) is 4.90 Å². The topological polar surface area (TPSA) is 66.5 Å². The number of hydrogen-bond donors (Lipinski definition) is 1. The largest absolute Gasteiger partial charge is 0.335 e. The van der Waals surface area contributed by atoms with Crippen LogP contribution in [0.3, 0.4) is 0 Å². The molecule has 1 heterocycles. The quantitative estimate of drug-likeness (QED) is 0.616. The first kappa shape index (κ1) is 17.0. The van der Waals surface area contributed by atoms with Gasteiger partial charge >= 0.3 is 6.03 Å². The van der Waals surface area contributed by atoms with E-state index in [0.717, 1.165) is 14.9 Å². The van der Waals surface area contributed by atoms with Crippen LogP contribution in [0.5, 0.6) is 0 Å². The van der Waals surface area contributed by atoms with Crippen LogP contribution in [0, 0.1) is 12.7 Å². The second-order valence-electron chi connectivity index (χ2n) is 5.44. The number of hydrogen-bond acceptors (Lipinski definition) is 3. The van der Waals surface area contributed by atoms with Gasteiger partial charge in [-0.25, -0.2) is 14.1 Å². The molecule has 2 aromatic rings. The van der Waals surface area contributed by atoms with Crippen molar-refractivity contribution in [3.05, 3.63) is 69.5 Å². The maximum absolute atomic E-state index is 13.0. The van der Waals surface area contributed by atoms with Crippen LogP contribution < -0.4 is 10.2 Å². The van der Waals surface area contributed by atoms with E-state index >= 15 is 0 Å². The minimum absolute atomic E-state index is 0.202. The third kappa shape index (κ3) is 3.36. The molecule has 7 heteroatoms. The zero-order chi connectivity index (χ0) is 18.1. The third-order valence-corrected chi connectivity index (χ3v) is 4.57. The highest BCUT2D eigenvalue weighted by Crippen LogP contribution is 2.26. The Morgan fingerprint density at radius 1 is 1.08 bits per heavy atom. The number of nitrogens with zero attached hydrogens (tertiary/aromatic N) is 1. The molecule has 2 aromatic carbocycles. The number of urea groups is 1. The summed E-state index contributed by atoms with van der Waals surface area (Å²) in [7, 11) is 0. The molecule has 0 bridgehead atoms. The summed E-state index contributed by atoms with van der Waals surface area (Å²) in [6.45, 7) is 1.82. The Kier molecular flexibility index (Phi) is 4.50.